The molecule has 3 aromatic carbocycles. The Bertz CT molecular complexity index is 1510. The van der Waals surface area contributed by atoms with E-state index in [2.05, 4.69) is 34.1 Å². The van der Waals surface area contributed by atoms with Crippen molar-refractivity contribution < 1.29 is 13.9 Å². The molecule has 0 atom stereocenters. The summed E-state index contributed by atoms with van der Waals surface area (Å²) in [6.07, 6.45) is 3.26. The van der Waals surface area contributed by atoms with Gasteiger partial charge in [-0.25, -0.2) is 4.98 Å². The highest BCUT2D eigenvalue weighted by Gasteiger charge is 2.22. The summed E-state index contributed by atoms with van der Waals surface area (Å²) in [4.78, 5) is 6.69. The predicted octanol–water partition coefficient (Wildman–Crippen LogP) is 6.48. The van der Waals surface area contributed by atoms with Crippen molar-refractivity contribution in [1.29, 1.82) is 0 Å². The largest absolute Gasteiger partial charge is 0.497 e. The van der Waals surface area contributed by atoms with Gasteiger partial charge < -0.3 is 24.5 Å². The zero-order valence-corrected chi connectivity index (χ0v) is 22.1. The quantitative estimate of drug-likeness (QED) is 0.233. The molecule has 6 nitrogen and oxygen atoms in total. The number of likely N-dealkylation sites (N-methyl/N-ethyl adjacent to an activating group) is 1. The topological polar surface area (TPSA) is 73.8 Å². The number of hydrogen-bond donors (Lipinski definition) is 1. The van der Waals surface area contributed by atoms with Crippen LogP contribution < -0.4 is 15.2 Å². The molecule has 2 heterocycles. The molecule has 0 unspecified atom stereocenters. The predicted molar refractivity (Wildman–Crippen MR) is 154 cm³/mol. The molecule has 0 fully saturated rings. The molecule has 0 aliphatic heterocycles. The average Bonchev–Trinajstić information content (AvgIpc) is 3.33. The minimum absolute atomic E-state index is 0.583. The number of nitrogens with two attached hydrogens (primary N) is 1. The van der Waals surface area contributed by atoms with E-state index in [1.165, 1.54) is 5.56 Å². The Labute approximate surface area is 223 Å². The summed E-state index contributed by atoms with van der Waals surface area (Å²) in [5.74, 6) is 2.45. The highest BCUT2D eigenvalue weighted by Crippen LogP contribution is 2.43. The van der Waals surface area contributed by atoms with Crippen molar-refractivity contribution >= 4 is 16.8 Å². The van der Waals surface area contributed by atoms with E-state index in [0.717, 1.165) is 64.3 Å². The van der Waals surface area contributed by atoms with Gasteiger partial charge in [-0.15, -0.1) is 0 Å². The third-order valence-electron chi connectivity index (χ3n) is 6.64. The average molecular weight is 508 g/mol. The van der Waals surface area contributed by atoms with Crippen molar-refractivity contribution in [2.24, 2.45) is 0 Å². The number of pyridine rings is 1. The summed E-state index contributed by atoms with van der Waals surface area (Å²) in [7, 11) is 5.75. The van der Waals surface area contributed by atoms with E-state index in [0.29, 0.717) is 18.0 Å². The maximum absolute atomic E-state index is 6.54. The Morgan fingerprint density at radius 2 is 1.66 bits per heavy atom. The van der Waals surface area contributed by atoms with E-state index in [-0.39, 0.29) is 0 Å². The van der Waals surface area contributed by atoms with Crippen molar-refractivity contribution in [3.05, 3.63) is 96.2 Å². The third kappa shape index (κ3) is 5.50. The standard InChI is InChI=1S/C32H33N3O3/c1-35(2)18-19-37-25-15-13-24(14-16-25)31-29(23-9-5-4-6-10-23)30-27(28(33)21-34-32(30)38-31)17-12-22-8-7-11-26(20-22)36-3/h4-11,13-16,20-21H,12,17-19,33H2,1-3H3. The molecule has 0 radical (unpaired) electrons. The molecule has 2 aromatic heterocycles. The van der Waals surface area contributed by atoms with Crippen LogP contribution in [0.15, 0.2) is 89.5 Å². The zero-order chi connectivity index (χ0) is 26.5. The highest BCUT2D eigenvalue weighted by molar-refractivity contribution is 6.03. The van der Waals surface area contributed by atoms with Gasteiger partial charge in [-0.05, 0) is 80.0 Å². The number of nitrogen functional groups attached to an aromatic ring is 1. The number of fused-ring (bicyclic) bond motifs is 1. The number of aryl methyl sites for hydroxylation is 2. The molecule has 0 saturated carbocycles. The van der Waals surface area contributed by atoms with E-state index in [9.17, 15) is 0 Å². The molecule has 0 bridgehead atoms. The van der Waals surface area contributed by atoms with Gasteiger partial charge in [0.25, 0.3) is 0 Å². The number of nitrogens with zero attached hydrogens (tertiary/aromatic N) is 2. The zero-order valence-electron chi connectivity index (χ0n) is 22.1. The Morgan fingerprint density at radius 3 is 2.39 bits per heavy atom. The van der Waals surface area contributed by atoms with Crippen molar-refractivity contribution in [2.45, 2.75) is 12.8 Å². The van der Waals surface area contributed by atoms with Gasteiger partial charge in [0.05, 0.1) is 24.4 Å². The minimum Gasteiger partial charge on any atom is -0.497 e. The van der Waals surface area contributed by atoms with Crippen LogP contribution in [0.2, 0.25) is 0 Å². The Hall–Kier alpha value is -4.29. The van der Waals surface area contributed by atoms with Crippen molar-refractivity contribution in [2.75, 3.05) is 40.1 Å². The summed E-state index contributed by atoms with van der Waals surface area (Å²) in [5, 5.41) is 0.959. The van der Waals surface area contributed by atoms with Crippen LogP contribution in [0.3, 0.4) is 0 Å². The summed E-state index contributed by atoms with van der Waals surface area (Å²) in [6.45, 7) is 1.49. The summed E-state index contributed by atoms with van der Waals surface area (Å²) < 4.78 is 17.7. The first kappa shape index (κ1) is 25.4. The third-order valence-corrected chi connectivity index (χ3v) is 6.64. The molecule has 194 valence electrons. The summed E-state index contributed by atoms with van der Waals surface area (Å²) >= 11 is 0. The molecule has 0 aliphatic rings. The van der Waals surface area contributed by atoms with E-state index >= 15 is 0 Å². The first-order valence-electron chi connectivity index (χ1n) is 12.8. The first-order valence-corrected chi connectivity index (χ1v) is 12.8. The second-order valence-corrected chi connectivity index (χ2v) is 9.57. The number of ether oxygens (including phenoxy) is 2. The fraction of sp³-hybridized carbons (Fsp3) is 0.219. The van der Waals surface area contributed by atoms with Gasteiger partial charge >= 0.3 is 0 Å². The van der Waals surface area contributed by atoms with Gasteiger partial charge in [0.15, 0.2) is 0 Å². The van der Waals surface area contributed by atoms with E-state index in [4.69, 9.17) is 19.6 Å². The smallest absolute Gasteiger partial charge is 0.227 e. The van der Waals surface area contributed by atoms with E-state index in [1.807, 2.05) is 68.7 Å². The summed E-state index contributed by atoms with van der Waals surface area (Å²) in [5.41, 5.74) is 13.0. The number of hydrogen-bond acceptors (Lipinski definition) is 6. The lowest BCUT2D eigenvalue weighted by Gasteiger charge is -2.12. The Kier molecular flexibility index (Phi) is 7.61. The fourth-order valence-electron chi connectivity index (χ4n) is 4.64. The van der Waals surface area contributed by atoms with Crippen LogP contribution in [0, 0.1) is 0 Å². The van der Waals surface area contributed by atoms with Gasteiger partial charge in [0.2, 0.25) is 5.71 Å². The normalized spacial score (nSPS) is 11.3. The van der Waals surface area contributed by atoms with Gasteiger partial charge in [0.1, 0.15) is 23.9 Å². The highest BCUT2D eigenvalue weighted by atomic mass is 16.5. The molecular weight excluding hydrogens is 474 g/mol. The molecule has 2 N–H and O–H groups in total. The number of furan rings is 1. The van der Waals surface area contributed by atoms with Crippen molar-refractivity contribution in [3.63, 3.8) is 0 Å². The van der Waals surface area contributed by atoms with Crippen molar-refractivity contribution in [3.8, 4) is 33.9 Å². The Balaban J connectivity index is 1.56. The number of anilines is 1. The van der Waals surface area contributed by atoms with E-state index < -0.39 is 0 Å². The maximum Gasteiger partial charge on any atom is 0.227 e. The molecular formula is C32H33N3O3. The van der Waals surface area contributed by atoms with Crippen molar-refractivity contribution in [1.82, 2.24) is 9.88 Å². The number of aromatic nitrogens is 1. The van der Waals surface area contributed by atoms with Crippen LogP contribution in [0.1, 0.15) is 11.1 Å². The molecule has 5 rings (SSSR count). The Morgan fingerprint density at radius 1 is 0.868 bits per heavy atom. The van der Waals surface area contributed by atoms with E-state index in [1.54, 1.807) is 13.3 Å². The van der Waals surface area contributed by atoms with Crippen LogP contribution in [0.25, 0.3) is 33.6 Å². The van der Waals surface area contributed by atoms with Gasteiger partial charge in [-0.1, -0.05) is 42.5 Å². The van der Waals surface area contributed by atoms with Gasteiger partial charge in [-0.3, -0.25) is 0 Å². The minimum atomic E-state index is 0.583. The second kappa shape index (κ2) is 11.4. The number of rotatable bonds is 10. The lowest BCUT2D eigenvalue weighted by molar-refractivity contribution is 0.261. The van der Waals surface area contributed by atoms with Crippen LogP contribution in [0.4, 0.5) is 5.69 Å². The molecule has 5 aromatic rings. The maximum atomic E-state index is 6.54. The molecule has 6 heteroatoms. The summed E-state index contributed by atoms with van der Waals surface area (Å²) in [6, 6.07) is 26.5. The monoisotopic (exact) mass is 507 g/mol. The number of benzene rings is 3. The SMILES string of the molecule is COc1cccc(CCc2c(N)cnc3oc(-c4ccc(OCCN(C)C)cc4)c(-c4ccccc4)c23)c1. The first-order chi connectivity index (χ1) is 18.5. The van der Waals surface area contributed by atoms with Crippen LogP contribution in [-0.4, -0.2) is 44.2 Å². The molecule has 0 spiro atoms. The van der Waals surface area contributed by atoms with Crippen LogP contribution >= 0.6 is 0 Å². The fourth-order valence-corrected chi connectivity index (χ4v) is 4.64. The lowest BCUT2D eigenvalue weighted by atomic mass is 9.94. The molecule has 0 amide bonds. The van der Waals surface area contributed by atoms with Crippen LogP contribution in [0.5, 0.6) is 11.5 Å². The van der Waals surface area contributed by atoms with Gasteiger partial charge in [-0.2, -0.15) is 0 Å². The van der Waals surface area contributed by atoms with Gasteiger partial charge in [0, 0.05) is 17.7 Å². The lowest BCUT2D eigenvalue weighted by Crippen LogP contribution is -2.19. The molecule has 0 aliphatic carbocycles. The molecule has 0 saturated heterocycles. The second-order valence-electron chi connectivity index (χ2n) is 9.57. The molecule has 38 heavy (non-hydrogen) atoms. The van der Waals surface area contributed by atoms with Crippen LogP contribution in [-0.2, 0) is 12.8 Å². The number of methoxy groups -OCH3 is 1.